The van der Waals surface area contributed by atoms with Crippen molar-refractivity contribution in [3.8, 4) is 0 Å². The molecule has 0 bridgehead atoms. The molecule has 0 saturated heterocycles. The highest BCUT2D eigenvalue weighted by Gasteiger charge is 2.27. The summed E-state index contributed by atoms with van der Waals surface area (Å²) in [7, 11) is 1.55. The highest BCUT2D eigenvalue weighted by Crippen LogP contribution is 2.19. The summed E-state index contributed by atoms with van der Waals surface area (Å²) in [4.78, 5) is 26.8. The predicted molar refractivity (Wildman–Crippen MR) is 113 cm³/mol. The third kappa shape index (κ3) is 6.53. The number of benzene rings is 2. The Morgan fingerprint density at radius 3 is 2.50 bits per heavy atom. The second-order valence-corrected chi connectivity index (χ2v) is 7.73. The molecule has 0 aliphatic rings. The Balaban J connectivity index is 2.08. The first-order valence-electron chi connectivity index (χ1n) is 9.02. The number of thioether (sulfide) groups is 1. The summed E-state index contributed by atoms with van der Waals surface area (Å²) in [5.74, 6) is 0.205. The highest BCUT2D eigenvalue weighted by atomic mass is 35.5. The summed E-state index contributed by atoms with van der Waals surface area (Å²) in [5, 5.41) is 3.28. The zero-order chi connectivity index (χ0) is 20.5. The van der Waals surface area contributed by atoms with Gasteiger partial charge in [0.2, 0.25) is 11.8 Å². The number of nitrogens with one attached hydrogen (secondary N) is 1. The number of carbonyl (C=O) groups excluding carboxylic acids is 2. The van der Waals surface area contributed by atoms with Crippen molar-refractivity contribution in [2.24, 2.45) is 0 Å². The minimum atomic E-state index is -0.575. The lowest BCUT2D eigenvalue weighted by molar-refractivity contribution is -0.139. The van der Waals surface area contributed by atoms with Crippen molar-refractivity contribution < 1.29 is 14.0 Å². The normalized spacial score (nSPS) is 11.7. The fourth-order valence-corrected chi connectivity index (χ4v) is 3.91. The van der Waals surface area contributed by atoms with Gasteiger partial charge in [-0.05, 0) is 41.8 Å². The van der Waals surface area contributed by atoms with E-state index in [0.29, 0.717) is 17.2 Å². The molecular formula is C21H24ClFN2O2S. The first kappa shape index (κ1) is 22.2. The highest BCUT2D eigenvalue weighted by molar-refractivity contribution is 7.99. The van der Waals surface area contributed by atoms with Crippen LogP contribution in [0.25, 0.3) is 0 Å². The molecule has 1 N–H and O–H groups in total. The van der Waals surface area contributed by atoms with Gasteiger partial charge in [-0.15, -0.1) is 11.8 Å². The van der Waals surface area contributed by atoms with Gasteiger partial charge < -0.3 is 10.2 Å². The van der Waals surface area contributed by atoms with Gasteiger partial charge in [-0.1, -0.05) is 42.8 Å². The second kappa shape index (κ2) is 11.1. The smallest absolute Gasteiger partial charge is 0.242 e. The molecule has 2 amide bonds. The van der Waals surface area contributed by atoms with Crippen LogP contribution in [0.2, 0.25) is 5.02 Å². The van der Waals surface area contributed by atoms with Crippen molar-refractivity contribution in [1.29, 1.82) is 0 Å². The number of carbonyl (C=O) groups is 2. The van der Waals surface area contributed by atoms with Gasteiger partial charge in [0.25, 0.3) is 0 Å². The van der Waals surface area contributed by atoms with E-state index in [1.165, 1.54) is 23.9 Å². The molecule has 0 radical (unpaired) electrons. The van der Waals surface area contributed by atoms with Crippen molar-refractivity contribution >= 4 is 35.2 Å². The van der Waals surface area contributed by atoms with E-state index in [0.717, 1.165) is 11.1 Å². The van der Waals surface area contributed by atoms with Crippen LogP contribution in [0, 0.1) is 5.82 Å². The lowest BCUT2D eigenvalue weighted by atomic mass is 10.1. The van der Waals surface area contributed by atoms with E-state index in [9.17, 15) is 14.0 Å². The van der Waals surface area contributed by atoms with E-state index in [2.05, 4.69) is 5.32 Å². The molecule has 28 heavy (non-hydrogen) atoms. The Hall–Kier alpha value is -2.05. The molecule has 0 unspecified atom stereocenters. The van der Waals surface area contributed by atoms with Crippen LogP contribution in [0.3, 0.4) is 0 Å². The maximum absolute atomic E-state index is 13.2. The predicted octanol–water partition coefficient (Wildman–Crippen LogP) is 4.27. The van der Waals surface area contributed by atoms with Crippen LogP contribution >= 0.6 is 23.4 Å². The van der Waals surface area contributed by atoms with E-state index >= 15 is 0 Å². The van der Waals surface area contributed by atoms with Gasteiger partial charge in [-0.3, -0.25) is 9.59 Å². The number of hydrogen-bond acceptors (Lipinski definition) is 3. The third-order valence-electron chi connectivity index (χ3n) is 4.28. The van der Waals surface area contributed by atoms with Gasteiger partial charge in [-0.25, -0.2) is 4.39 Å². The standard InChI is InChI=1S/C21H24ClFN2O2S/c1-3-19(21(27)24-2)25(12-15-7-9-18(23)10-8-15)20(26)14-28-13-16-5-4-6-17(22)11-16/h4-11,19H,3,12-14H2,1-2H3,(H,24,27)/t19-/m0/s1. The molecule has 2 rings (SSSR count). The fourth-order valence-electron chi connectivity index (χ4n) is 2.84. The molecule has 1 atom stereocenters. The molecule has 0 spiro atoms. The quantitative estimate of drug-likeness (QED) is 0.656. The SMILES string of the molecule is CC[C@@H](C(=O)NC)N(Cc1ccc(F)cc1)C(=O)CSCc1cccc(Cl)c1. The van der Waals surface area contributed by atoms with Crippen molar-refractivity contribution in [1.82, 2.24) is 10.2 Å². The molecule has 2 aromatic carbocycles. The monoisotopic (exact) mass is 422 g/mol. The summed E-state index contributed by atoms with van der Waals surface area (Å²) in [6, 6.07) is 12.9. The van der Waals surface area contributed by atoms with Gasteiger partial charge in [-0.2, -0.15) is 0 Å². The molecule has 0 fully saturated rings. The fraction of sp³-hybridized carbons (Fsp3) is 0.333. The number of hydrogen-bond donors (Lipinski definition) is 1. The van der Waals surface area contributed by atoms with Gasteiger partial charge in [0.1, 0.15) is 11.9 Å². The van der Waals surface area contributed by atoms with E-state index in [1.54, 1.807) is 30.1 Å². The van der Waals surface area contributed by atoms with Gasteiger partial charge >= 0.3 is 0 Å². The zero-order valence-corrected chi connectivity index (χ0v) is 17.5. The van der Waals surface area contributed by atoms with Gasteiger partial charge in [0, 0.05) is 24.4 Å². The number of amides is 2. The maximum Gasteiger partial charge on any atom is 0.242 e. The molecule has 150 valence electrons. The van der Waals surface area contributed by atoms with Crippen molar-refractivity contribution in [2.75, 3.05) is 12.8 Å². The van der Waals surface area contributed by atoms with Crippen LogP contribution in [-0.4, -0.2) is 35.6 Å². The average Bonchev–Trinajstić information content (AvgIpc) is 2.69. The largest absolute Gasteiger partial charge is 0.357 e. The van der Waals surface area contributed by atoms with Crippen LogP contribution in [0.4, 0.5) is 4.39 Å². The maximum atomic E-state index is 13.2. The summed E-state index contributed by atoms with van der Waals surface area (Å²) in [5.41, 5.74) is 1.81. The number of likely N-dealkylation sites (N-methyl/N-ethyl adjacent to an activating group) is 1. The first-order chi connectivity index (χ1) is 13.4. The van der Waals surface area contributed by atoms with Crippen LogP contribution in [-0.2, 0) is 21.9 Å². The molecule has 0 aliphatic heterocycles. The topological polar surface area (TPSA) is 49.4 Å². The molecule has 4 nitrogen and oxygen atoms in total. The van der Waals surface area contributed by atoms with Crippen LogP contribution in [0.5, 0.6) is 0 Å². The summed E-state index contributed by atoms with van der Waals surface area (Å²) in [6.45, 7) is 2.12. The number of rotatable bonds is 9. The molecule has 2 aromatic rings. The average molecular weight is 423 g/mol. The number of nitrogens with zero attached hydrogens (tertiary/aromatic N) is 1. The Kier molecular flexibility index (Phi) is 8.80. The summed E-state index contributed by atoms with van der Waals surface area (Å²) in [6.07, 6.45) is 0.492. The zero-order valence-electron chi connectivity index (χ0n) is 16.0. The molecule has 0 aromatic heterocycles. The minimum Gasteiger partial charge on any atom is -0.357 e. The minimum absolute atomic E-state index is 0.133. The van der Waals surface area contributed by atoms with Crippen molar-refractivity contribution in [3.63, 3.8) is 0 Å². The molecule has 0 aliphatic carbocycles. The van der Waals surface area contributed by atoms with Crippen molar-refractivity contribution in [2.45, 2.75) is 31.7 Å². The van der Waals surface area contributed by atoms with E-state index in [4.69, 9.17) is 11.6 Å². The summed E-state index contributed by atoms with van der Waals surface area (Å²) < 4.78 is 13.2. The van der Waals surface area contributed by atoms with E-state index < -0.39 is 6.04 Å². The van der Waals surface area contributed by atoms with Gasteiger partial charge in [0.15, 0.2) is 0 Å². The Labute approximate surface area is 174 Å². The van der Waals surface area contributed by atoms with Crippen molar-refractivity contribution in [3.05, 3.63) is 70.5 Å². The van der Waals surface area contributed by atoms with Crippen LogP contribution in [0.1, 0.15) is 24.5 Å². The third-order valence-corrected chi connectivity index (χ3v) is 5.51. The second-order valence-electron chi connectivity index (χ2n) is 6.31. The molecule has 7 heteroatoms. The van der Waals surface area contributed by atoms with E-state index in [1.807, 2.05) is 25.1 Å². The lowest BCUT2D eigenvalue weighted by Crippen LogP contribution is -2.48. The molecule has 0 heterocycles. The summed E-state index contributed by atoms with van der Waals surface area (Å²) >= 11 is 7.46. The Bertz CT molecular complexity index is 801. The molecular weight excluding hydrogens is 399 g/mol. The first-order valence-corrected chi connectivity index (χ1v) is 10.6. The molecule has 0 saturated carbocycles. The van der Waals surface area contributed by atoms with Crippen LogP contribution < -0.4 is 5.32 Å². The van der Waals surface area contributed by atoms with Crippen LogP contribution in [0.15, 0.2) is 48.5 Å². The van der Waals surface area contributed by atoms with Gasteiger partial charge in [0.05, 0.1) is 5.75 Å². The Morgan fingerprint density at radius 2 is 1.89 bits per heavy atom. The van der Waals surface area contributed by atoms with E-state index in [-0.39, 0.29) is 29.9 Å². The Morgan fingerprint density at radius 1 is 1.18 bits per heavy atom. The number of halogens is 2. The lowest BCUT2D eigenvalue weighted by Gasteiger charge is -2.30.